The summed E-state index contributed by atoms with van der Waals surface area (Å²) in [4.78, 5) is 24.0. The van der Waals surface area contributed by atoms with E-state index in [2.05, 4.69) is 62.9 Å². The number of anilines is 1. The molecule has 236 valence electrons. The van der Waals surface area contributed by atoms with Crippen LogP contribution in [0.4, 0.5) is 23.7 Å². The minimum Gasteiger partial charge on any atom is -0.406 e. The number of nitrogens with zero attached hydrogens (tertiary/aromatic N) is 5. The third-order valence-corrected chi connectivity index (χ3v) is 8.54. The van der Waals surface area contributed by atoms with Gasteiger partial charge in [0.2, 0.25) is 0 Å². The normalized spacial score (nSPS) is 17.0. The molecule has 0 aliphatic carbocycles. The second kappa shape index (κ2) is 13.8. The van der Waals surface area contributed by atoms with E-state index in [1.807, 2.05) is 43.3 Å². The Labute approximate surface area is 264 Å². The summed E-state index contributed by atoms with van der Waals surface area (Å²) < 4.78 is 42.7. The van der Waals surface area contributed by atoms with Gasteiger partial charge in [-0.2, -0.15) is 4.99 Å². The highest BCUT2D eigenvalue weighted by molar-refractivity contribution is 8.14. The van der Waals surface area contributed by atoms with Crippen molar-refractivity contribution in [2.75, 3.05) is 17.2 Å². The highest BCUT2D eigenvalue weighted by atomic mass is 32.2. The highest BCUT2D eigenvalue weighted by Crippen LogP contribution is 2.34. The topological polar surface area (TPSA) is 84.6 Å². The van der Waals surface area contributed by atoms with Gasteiger partial charge in [-0.15, -0.1) is 18.3 Å². The van der Waals surface area contributed by atoms with Crippen molar-refractivity contribution in [3.8, 4) is 22.8 Å². The third kappa shape index (κ3) is 8.05. The molecule has 2 atom stereocenters. The van der Waals surface area contributed by atoms with E-state index in [1.54, 1.807) is 11.8 Å². The molecule has 2 unspecified atom stereocenters. The molecular weight excluding hydrogens is 601 g/mol. The summed E-state index contributed by atoms with van der Waals surface area (Å²) in [5, 5.41) is 8.14. The molecule has 0 saturated carbocycles. The Bertz CT molecular complexity index is 1640. The number of hydrogen-bond acceptors (Lipinski definition) is 5. The van der Waals surface area contributed by atoms with Crippen molar-refractivity contribution in [2.45, 2.75) is 58.4 Å². The smallest absolute Gasteiger partial charge is 0.406 e. The number of halogens is 3. The van der Waals surface area contributed by atoms with Crippen LogP contribution in [0, 0.1) is 0 Å². The number of urea groups is 1. The zero-order chi connectivity index (χ0) is 32.1. The number of rotatable bonds is 8. The summed E-state index contributed by atoms with van der Waals surface area (Å²) in [7, 11) is 0. The molecule has 2 amide bonds. The van der Waals surface area contributed by atoms with Crippen molar-refractivity contribution in [1.29, 1.82) is 0 Å². The number of ether oxygens (including phenoxy) is 1. The van der Waals surface area contributed by atoms with Crippen LogP contribution in [0.2, 0.25) is 0 Å². The molecule has 1 N–H and O–H groups in total. The van der Waals surface area contributed by atoms with Gasteiger partial charge >= 0.3 is 12.4 Å². The standard InChI is InChI=1S/C33H35F3N6O2S/c1-21(2)28-7-5-6-8-29(28)42-23(4)17-18-45-32(42)39-31(43)37-19-22(3)24-9-11-25(12-10-24)30-38-20-41(40-30)26-13-15-27(16-14-26)44-33(34,35)36/h5-16,20-23H,17-19H2,1-4H3,(H,37,43). The first-order valence-corrected chi connectivity index (χ1v) is 15.7. The number of amidine groups is 1. The van der Waals surface area contributed by atoms with Crippen LogP contribution < -0.4 is 15.0 Å². The first kappa shape index (κ1) is 32.1. The number of carbonyl (C=O) groups is 1. The molecule has 0 bridgehead atoms. The maximum absolute atomic E-state index is 13.0. The van der Waals surface area contributed by atoms with Crippen molar-refractivity contribution >= 4 is 28.6 Å². The Morgan fingerprint density at radius 1 is 1.07 bits per heavy atom. The van der Waals surface area contributed by atoms with Gasteiger partial charge in [-0.05, 0) is 66.6 Å². The Morgan fingerprint density at radius 3 is 2.47 bits per heavy atom. The number of amides is 2. The average Bonchev–Trinajstić information content (AvgIpc) is 3.50. The summed E-state index contributed by atoms with van der Waals surface area (Å²) >= 11 is 1.61. The zero-order valence-corrected chi connectivity index (χ0v) is 26.3. The number of hydrogen-bond donors (Lipinski definition) is 1. The van der Waals surface area contributed by atoms with E-state index < -0.39 is 6.36 Å². The van der Waals surface area contributed by atoms with Crippen molar-refractivity contribution in [2.24, 2.45) is 4.99 Å². The van der Waals surface area contributed by atoms with Gasteiger partial charge in [0.15, 0.2) is 11.0 Å². The molecule has 1 saturated heterocycles. The number of alkyl halides is 3. The molecule has 45 heavy (non-hydrogen) atoms. The van der Waals surface area contributed by atoms with Gasteiger partial charge in [0.1, 0.15) is 12.1 Å². The lowest BCUT2D eigenvalue weighted by Gasteiger charge is -2.37. The van der Waals surface area contributed by atoms with Gasteiger partial charge in [-0.3, -0.25) is 0 Å². The van der Waals surface area contributed by atoms with Crippen molar-refractivity contribution in [3.63, 3.8) is 0 Å². The Kier molecular flexibility index (Phi) is 9.81. The summed E-state index contributed by atoms with van der Waals surface area (Å²) in [6, 6.07) is 21.3. The zero-order valence-electron chi connectivity index (χ0n) is 25.5. The average molecular weight is 637 g/mol. The molecule has 3 aromatic carbocycles. The van der Waals surface area contributed by atoms with Crippen LogP contribution in [-0.4, -0.2) is 50.7 Å². The maximum Gasteiger partial charge on any atom is 0.573 e. The van der Waals surface area contributed by atoms with Crippen LogP contribution in [0.1, 0.15) is 57.1 Å². The Morgan fingerprint density at radius 2 is 1.78 bits per heavy atom. The number of aromatic nitrogens is 3. The lowest BCUT2D eigenvalue weighted by Crippen LogP contribution is -2.42. The molecular formula is C33H35F3N6O2S. The molecule has 1 aromatic heterocycles. The van der Waals surface area contributed by atoms with E-state index in [0.717, 1.165) is 29.0 Å². The van der Waals surface area contributed by atoms with Crippen molar-refractivity contribution in [3.05, 3.63) is 90.3 Å². The van der Waals surface area contributed by atoms with Crippen LogP contribution in [-0.2, 0) is 0 Å². The van der Waals surface area contributed by atoms with Crippen molar-refractivity contribution < 1.29 is 22.7 Å². The number of aliphatic imine (C=N–C) groups is 1. The number of carbonyl (C=O) groups excluding carboxylic acids is 1. The first-order chi connectivity index (χ1) is 21.5. The molecule has 1 aliphatic heterocycles. The van der Waals surface area contributed by atoms with Crippen LogP contribution >= 0.6 is 11.8 Å². The van der Waals surface area contributed by atoms with Crippen LogP contribution in [0.3, 0.4) is 0 Å². The van der Waals surface area contributed by atoms with E-state index in [1.165, 1.54) is 40.8 Å². The molecule has 8 nitrogen and oxygen atoms in total. The van der Waals surface area contributed by atoms with Gasteiger partial charge < -0.3 is 15.0 Å². The van der Waals surface area contributed by atoms with E-state index in [-0.39, 0.29) is 23.7 Å². The minimum atomic E-state index is -4.75. The summed E-state index contributed by atoms with van der Waals surface area (Å²) in [5.74, 6) is 1.44. The lowest BCUT2D eigenvalue weighted by molar-refractivity contribution is -0.274. The predicted octanol–water partition coefficient (Wildman–Crippen LogP) is 8.16. The van der Waals surface area contributed by atoms with Crippen molar-refractivity contribution in [1.82, 2.24) is 20.1 Å². The number of benzene rings is 3. The maximum atomic E-state index is 13.0. The van der Waals surface area contributed by atoms with Crippen LogP contribution in [0.5, 0.6) is 5.75 Å². The lowest BCUT2D eigenvalue weighted by atomic mass is 9.99. The largest absolute Gasteiger partial charge is 0.573 e. The molecule has 12 heteroatoms. The molecule has 4 aromatic rings. The summed E-state index contributed by atoms with van der Waals surface area (Å²) in [6.07, 6.45) is -2.24. The SMILES string of the molecule is CC(C)c1ccccc1N1C(=NC(=O)NCC(C)c2ccc(-c3ncn(-c4ccc(OC(F)(F)F)cc4)n3)cc2)SCCC1C. The highest BCUT2D eigenvalue weighted by Gasteiger charge is 2.31. The summed E-state index contributed by atoms with van der Waals surface area (Å²) in [5.41, 5.74) is 4.68. The van der Waals surface area contributed by atoms with Gasteiger partial charge in [0.25, 0.3) is 0 Å². The number of nitrogens with one attached hydrogen (secondary N) is 1. The third-order valence-electron chi connectivity index (χ3n) is 7.55. The van der Waals surface area contributed by atoms with Crippen LogP contribution in [0.25, 0.3) is 17.1 Å². The van der Waals surface area contributed by atoms with Gasteiger partial charge in [-0.25, -0.2) is 14.5 Å². The van der Waals surface area contributed by atoms with Gasteiger partial charge in [-0.1, -0.05) is 75.0 Å². The molecule has 0 spiro atoms. The molecule has 1 aliphatic rings. The quantitative estimate of drug-likeness (QED) is 0.210. The van der Waals surface area contributed by atoms with Gasteiger partial charge in [0, 0.05) is 29.6 Å². The van der Waals surface area contributed by atoms with E-state index in [4.69, 9.17) is 0 Å². The minimum absolute atomic E-state index is 0.0295. The van der Waals surface area contributed by atoms with E-state index >= 15 is 0 Å². The fourth-order valence-corrected chi connectivity index (χ4v) is 6.30. The molecule has 5 rings (SSSR count). The number of thioether (sulfide) groups is 1. The molecule has 1 fully saturated rings. The number of para-hydroxylation sites is 1. The molecule has 0 radical (unpaired) electrons. The molecule has 2 heterocycles. The fraction of sp³-hybridized carbons (Fsp3) is 0.333. The predicted molar refractivity (Wildman–Crippen MR) is 172 cm³/mol. The fourth-order valence-electron chi connectivity index (χ4n) is 5.10. The van der Waals surface area contributed by atoms with Gasteiger partial charge in [0.05, 0.1) is 5.69 Å². The second-order valence-corrected chi connectivity index (χ2v) is 12.3. The monoisotopic (exact) mass is 636 g/mol. The first-order valence-electron chi connectivity index (χ1n) is 14.7. The second-order valence-electron chi connectivity index (χ2n) is 11.2. The Hall–Kier alpha value is -4.32. The van der Waals surface area contributed by atoms with E-state index in [9.17, 15) is 18.0 Å². The van der Waals surface area contributed by atoms with Crippen LogP contribution in [0.15, 0.2) is 84.1 Å². The summed E-state index contributed by atoms with van der Waals surface area (Å²) in [6.45, 7) is 8.96. The Balaban J connectivity index is 1.20. The van der Waals surface area contributed by atoms with E-state index in [0.29, 0.717) is 29.1 Å².